The van der Waals surface area contributed by atoms with Crippen molar-refractivity contribution in [2.45, 2.75) is 51.7 Å². The van der Waals surface area contributed by atoms with E-state index in [9.17, 15) is 14.7 Å². The van der Waals surface area contributed by atoms with Crippen molar-refractivity contribution in [3.05, 3.63) is 51.5 Å². The van der Waals surface area contributed by atoms with E-state index in [-0.39, 0.29) is 34.4 Å². The highest BCUT2D eigenvalue weighted by Gasteiger charge is 2.27. The van der Waals surface area contributed by atoms with Gasteiger partial charge in [-0.15, -0.1) is 0 Å². The average molecular weight is 492 g/mol. The molecule has 0 aliphatic heterocycles. The minimum atomic E-state index is -1.26. The van der Waals surface area contributed by atoms with E-state index in [1.807, 2.05) is 12.1 Å². The fourth-order valence-corrected chi connectivity index (χ4v) is 4.16. The number of amides is 1. The van der Waals surface area contributed by atoms with Gasteiger partial charge in [-0.3, -0.25) is 9.59 Å². The van der Waals surface area contributed by atoms with Gasteiger partial charge in [0.2, 0.25) is 5.28 Å². The third kappa shape index (κ3) is 6.97. The van der Waals surface area contributed by atoms with Crippen LogP contribution in [0.4, 0.5) is 0 Å². The number of nitrogens with zero attached hydrogens (tertiary/aromatic N) is 2. The standard InChI is InChI=1S/C24H27Cl2N3O4/c1-24(2,33)12-11-19-20(21(30)27-13-15-3-7-17(8-4-15)22(31)32)29(23(26)28-19)14-16-5-9-18(25)10-6-16/h5-6,9-10,15,17,33H,3-4,7-8,13-14H2,1-2H3,(H,27,30)(H,31,32). The molecule has 1 aliphatic rings. The summed E-state index contributed by atoms with van der Waals surface area (Å²) in [5.74, 6) is 4.24. The summed E-state index contributed by atoms with van der Waals surface area (Å²) in [4.78, 5) is 28.6. The third-order valence-electron chi connectivity index (χ3n) is 5.62. The second kappa shape index (κ2) is 10.6. The summed E-state index contributed by atoms with van der Waals surface area (Å²) in [7, 11) is 0. The van der Waals surface area contributed by atoms with Crippen LogP contribution >= 0.6 is 23.2 Å². The van der Waals surface area contributed by atoms with Crippen LogP contribution in [0.25, 0.3) is 0 Å². The number of aliphatic hydroxyl groups is 1. The Hall–Kier alpha value is -2.53. The van der Waals surface area contributed by atoms with Crippen LogP contribution in [0.15, 0.2) is 24.3 Å². The topological polar surface area (TPSA) is 104 Å². The van der Waals surface area contributed by atoms with Crippen LogP contribution < -0.4 is 5.32 Å². The number of halogens is 2. The van der Waals surface area contributed by atoms with Crippen molar-refractivity contribution >= 4 is 35.1 Å². The van der Waals surface area contributed by atoms with Crippen LogP contribution in [0.3, 0.4) is 0 Å². The van der Waals surface area contributed by atoms with E-state index in [1.54, 1.807) is 30.5 Å². The van der Waals surface area contributed by atoms with Gasteiger partial charge in [-0.1, -0.05) is 29.7 Å². The molecule has 0 radical (unpaired) electrons. The first-order valence-electron chi connectivity index (χ1n) is 10.8. The zero-order valence-corrected chi connectivity index (χ0v) is 20.1. The predicted molar refractivity (Wildman–Crippen MR) is 126 cm³/mol. The Labute approximate surface area is 203 Å². The van der Waals surface area contributed by atoms with Crippen LogP contribution in [0.5, 0.6) is 0 Å². The lowest BCUT2D eigenvalue weighted by Gasteiger charge is -2.26. The van der Waals surface area contributed by atoms with Gasteiger partial charge < -0.3 is 20.1 Å². The molecule has 2 aromatic rings. The maximum absolute atomic E-state index is 13.2. The molecule has 176 valence electrons. The number of nitrogens with one attached hydrogen (secondary N) is 1. The second-order valence-corrected chi connectivity index (χ2v) is 9.64. The fraction of sp³-hybridized carbons (Fsp3) is 0.458. The molecule has 0 atom stereocenters. The Morgan fingerprint density at radius 2 is 1.82 bits per heavy atom. The summed E-state index contributed by atoms with van der Waals surface area (Å²) in [6.07, 6.45) is 2.71. The number of rotatable bonds is 6. The number of aromatic nitrogens is 2. The zero-order chi connectivity index (χ0) is 24.2. The van der Waals surface area contributed by atoms with E-state index in [0.29, 0.717) is 31.0 Å². The number of benzene rings is 1. The Morgan fingerprint density at radius 3 is 2.39 bits per heavy atom. The lowest BCUT2D eigenvalue weighted by atomic mass is 9.82. The quantitative estimate of drug-likeness (QED) is 0.530. The molecular formula is C24H27Cl2N3O4. The average Bonchev–Trinajstić information content (AvgIpc) is 3.07. The molecule has 0 unspecified atom stereocenters. The van der Waals surface area contributed by atoms with Crippen LogP contribution in [-0.4, -0.2) is 43.8 Å². The van der Waals surface area contributed by atoms with Gasteiger partial charge in [-0.25, -0.2) is 4.98 Å². The number of carbonyl (C=O) groups is 2. The highest BCUT2D eigenvalue weighted by atomic mass is 35.5. The number of hydrogen-bond acceptors (Lipinski definition) is 4. The maximum atomic E-state index is 13.2. The van der Waals surface area contributed by atoms with E-state index in [0.717, 1.165) is 18.4 Å². The third-order valence-corrected chi connectivity index (χ3v) is 6.16. The Balaban J connectivity index is 1.82. The number of carbonyl (C=O) groups excluding carboxylic acids is 1. The lowest BCUT2D eigenvalue weighted by Crippen LogP contribution is -2.34. The van der Waals surface area contributed by atoms with Gasteiger partial charge in [0.1, 0.15) is 17.0 Å². The molecule has 7 nitrogen and oxygen atoms in total. The van der Waals surface area contributed by atoms with Crippen molar-refractivity contribution in [3.8, 4) is 11.8 Å². The first-order chi connectivity index (χ1) is 15.5. The van der Waals surface area contributed by atoms with Gasteiger partial charge in [-0.05, 0) is 80.7 Å². The molecule has 1 fully saturated rings. The van der Waals surface area contributed by atoms with Gasteiger partial charge in [0.25, 0.3) is 5.91 Å². The molecule has 1 amide bonds. The molecule has 1 heterocycles. The Morgan fingerprint density at radius 1 is 1.18 bits per heavy atom. The minimum absolute atomic E-state index is 0.108. The molecule has 1 saturated carbocycles. The normalized spacial score (nSPS) is 18.3. The minimum Gasteiger partial charge on any atom is -0.481 e. The van der Waals surface area contributed by atoms with Gasteiger partial charge in [-0.2, -0.15) is 0 Å². The molecule has 0 bridgehead atoms. The van der Waals surface area contributed by atoms with E-state index in [2.05, 4.69) is 22.1 Å². The number of imidazole rings is 1. The van der Waals surface area contributed by atoms with Crippen LogP contribution in [-0.2, 0) is 11.3 Å². The largest absolute Gasteiger partial charge is 0.481 e. The summed E-state index contributed by atoms with van der Waals surface area (Å²) >= 11 is 12.4. The van der Waals surface area contributed by atoms with E-state index in [1.165, 1.54) is 0 Å². The molecule has 1 aromatic carbocycles. The Bertz CT molecular complexity index is 1070. The fourth-order valence-electron chi connectivity index (χ4n) is 3.81. The first-order valence-corrected chi connectivity index (χ1v) is 11.6. The van der Waals surface area contributed by atoms with Crippen LogP contribution in [0.2, 0.25) is 10.3 Å². The number of carboxylic acid groups (broad SMARTS) is 1. The molecule has 0 saturated heterocycles. The van der Waals surface area contributed by atoms with Gasteiger partial charge in [0.15, 0.2) is 0 Å². The van der Waals surface area contributed by atoms with E-state index < -0.39 is 11.6 Å². The van der Waals surface area contributed by atoms with Gasteiger partial charge in [0.05, 0.1) is 12.5 Å². The summed E-state index contributed by atoms with van der Waals surface area (Å²) in [6.45, 7) is 3.80. The molecule has 3 rings (SSSR count). The van der Waals surface area contributed by atoms with Gasteiger partial charge in [0, 0.05) is 11.6 Å². The summed E-state index contributed by atoms with van der Waals surface area (Å²) in [6, 6.07) is 7.18. The van der Waals surface area contributed by atoms with E-state index >= 15 is 0 Å². The molecule has 0 spiro atoms. The van der Waals surface area contributed by atoms with Crippen molar-refractivity contribution in [2.24, 2.45) is 11.8 Å². The smallest absolute Gasteiger partial charge is 0.306 e. The maximum Gasteiger partial charge on any atom is 0.306 e. The molecule has 1 aromatic heterocycles. The van der Waals surface area contributed by atoms with E-state index in [4.69, 9.17) is 28.3 Å². The predicted octanol–water partition coefficient (Wildman–Crippen LogP) is 3.98. The van der Waals surface area contributed by atoms with Crippen LogP contribution in [0, 0.1) is 23.7 Å². The molecule has 33 heavy (non-hydrogen) atoms. The monoisotopic (exact) mass is 491 g/mol. The van der Waals surface area contributed by atoms with Crippen molar-refractivity contribution in [3.63, 3.8) is 0 Å². The van der Waals surface area contributed by atoms with Crippen LogP contribution in [0.1, 0.15) is 61.3 Å². The first kappa shape index (κ1) is 25.1. The summed E-state index contributed by atoms with van der Waals surface area (Å²) in [5.41, 5.74) is 0.0130. The highest BCUT2D eigenvalue weighted by molar-refractivity contribution is 6.30. The molecule has 3 N–H and O–H groups in total. The number of hydrogen-bond donors (Lipinski definition) is 3. The van der Waals surface area contributed by atoms with Gasteiger partial charge >= 0.3 is 5.97 Å². The van der Waals surface area contributed by atoms with Crippen molar-refractivity contribution in [1.82, 2.24) is 14.9 Å². The lowest BCUT2D eigenvalue weighted by molar-refractivity contribution is -0.143. The summed E-state index contributed by atoms with van der Waals surface area (Å²) in [5, 5.41) is 22.8. The van der Waals surface area contributed by atoms with Crippen molar-refractivity contribution < 1.29 is 19.8 Å². The molecule has 9 heteroatoms. The molecule has 1 aliphatic carbocycles. The van der Waals surface area contributed by atoms with Crippen molar-refractivity contribution in [1.29, 1.82) is 0 Å². The second-order valence-electron chi connectivity index (χ2n) is 8.87. The highest BCUT2D eigenvalue weighted by Crippen LogP contribution is 2.28. The SMILES string of the molecule is CC(C)(O)C#Cc1nc(Cl)n(Cc2ccc(Cl)cc2)c1C(=O)NCC1CCC(C(=O)O)CC1. The molecular weight excluding hydrogens is 465 g/mol. The Kier molecular flexibility index (Phi) is 8.06. The number of carboxylic acids is 1. The number of aliphatic carboxylic acids is 1. The summed E-state index contributed by atoms with van der Waals surface area (Å²) < 4.78 is 1.58. The van der Waals surface area contributed by atoms with Crippen molar-refractivity contribution in [2.75, 3.05) is 6.54 Å². The zero-order valence-electron chi connectivity index (χ0n) is 18.6.